The fourth-order valence-corrected chi connectivity index (χ4v) is 3.84. The summed E-state index contributed by atoms with van der Waals surface area (Å²) in [5.74, 6) is -1.32. The number of hydrogen-bond acceptors (Lipinski definition) is 3. The van der Waals surface area contributed by atoms with Gasteiger partial charge in [-0.1, -0.05) is 30.3 Å². The number of nitrogens with zero attached hydrogens (tertiary/aromatic N) is 1. The van der Waals surface area contributed by atoms with Gasteiger partial charge >= 0.3 is 12.1 Å². The van der Waals surface area contributed by atoms with E-state index in [2.05, 4.69) is 0 Å². The number of methoxy groups -OCH3 is 1. The Morgan fingerprint density at radius 2 is 1.67 bits per heavy atom. The first kappa shape index (κ1) is 22.1. The monoisotopic (exact) mass is 453 g/mol. The van der Waals surface area contributed by atoms with Crippen molar-refractivity contribution in [3.63, 3.8) is 0 Å². The zero-order chi connectivity index (χ0) is 23.8. The van der Waals surface area contributed by atoms with Crippen molar-refractivity contribution in [1.82, 2.24) is 4.57 Å². The summed E-state index contributed by atoms with van der Waals surface area (Å²) in [6.45, 7) is -0.151. The number of hydrogen-bond donors (Lipinski definition) is 1. The topological polar surface area (TPSA) is 68.5 Å². The number of benzene rings is 3. The van der Waals surface area contributed by atoms with Gasteiger partial charge < -0.3 is 14.4 Å². The molecule has 0 saturated heterocycles. The molecule has 5 nitrogen and oxygen atoms in total. The molecule has 1 aromatic heterocycles. The van der Waals surface area contributed by atoms with Gasteiger partial charge in [-0.15, -0.1) is 0 Å². The molecule has 3 aromatic carbocycles. The lowest BCUT2D eigenvalue weighted by molar-refractivity contribution is -0.137. The second-order valence-electron chi connectivity index (χ2n) is 7.39. The van der Waals surface area contributed by atoms with Crippen molar-refractivity contribution in [3.8, 4) is 5.75 Å². The lowest BCUT2D eigenvalue weighted by Crippen LogP contribution is -2.15. The first-order valence-electron chi connectivity index (χ1n) is 9.90. The highest BCUT2D eigenvalue weighted by molar-refractivity contribution is 6.21. The second kappa shape index (κ2) is 8.46. The van der Waals surface area contributed by atoms with Crippen LogP contribution in [-0.2, 0) is 12.7 Å². The van der Waals surface area contributed by atoms with Gasteiger partial charge in [-0.05, 0) is 48.0 Å². The normalized spacial score (nSPS) is 11.5. The van der Waals surface area contributed by atoms with Gasteiger partial charge in [0.25, 0.3) is 0 Å². The fraction of sp³-hybridized carbons (Fsp3) is 0.120. The number of carbonyl (C=O) groups excluding carboxylic acids is 1. The lowest BCUT2D eigenvalue weighted by atomic mass is 10.00. The largest absolute Gasteiger partial charge is 0.497 e. The number of rotatable bonds is 6. The molecule has 0 aliphatic heterocycles. The molecule has 0 unspecified atom stereocenters. The Morgan fingerprint density at radius 3 is 2.30 bits per heavy atom. The van der Waals surface area contributed by atoms with Crippen molar-refractivity contribution in [2.45, 2.75) is 12.7 Å². The number of ether oxygens (including phenoxy) is 1. The standard InChI is InChI=1S/C25H18F3NO4/c1-33-18-11-9-16(10-12-18)23(30)21-19-7-2-3-8-20(19)29(22(21)24(31)32)14-15-5-4-6-17(13-15)25(26,27)28/h2-13H,14H2,1H3,(H,31,32). The molecule has 0 radical (unpaired) electrons. The Hall–Kier alpha value is -4.07. The van der Waals surface area contributed by atoms with E-state index in [1.165, 1.54) is 35.9 Å². The van der Waals surface area contributed by atoms with Gasteiger partial charge in [0.05, 0.1) is 18.2 Å². The third-order valence-corrected chi connectivity index (χ3v) is 5.35. The Morgan fingerprint density at radius 1 is 0.970 bits per heavy atom. The van der Waals surface area contributed by atoms with Crippen LogP contribution in [0.5, 0.6) is 5.75 Å². The molecule has 168 valence electrons. The number of para-hydroxylation sites is 1. The fourth-order valence-electron chi connectivity index (χ4n) is 3.84. The van der Waals surface area contributed by atoms with Crippen molar-refractivity contribution >= 4 is 22.7 Å². The Kier molecular flexibility index (Phi) is 5.68. The maximum atomic E-state index is 13.4. The van der Waals surface area contributed by atoms with E-state index < -0.39 is 23.5 Å². The van der Waals surface area contributed by atoms with E-state index >= 15 is 0 Å². The van der Waals surface area contributed by atoms with Gasteiger partial charge in [0, 0.05) is 23.0 Å². The molecule has 0 atom stereocenters. The summed E-state index contributed by atoms with van der Waals surface area (Å²) in [5.41, 5.74) is -0.173. The maximum Gasteiger partial charge on any atom is 0.416 e. The van der Waals surface area contributed by atoms with Gasteiger partial charge in [0.15, 0.2) is 5.78 Å². The first-order chi connectivity index (χ1) is 15.7. The first-order valence-corrected chi connectivity index (χ1v) is 9.90. The predicted octanol–water partition coefficient (Wildman–Crippen LogP) is 5.65. The average molecular weight is 453 g/mol. The highest BCUT2D eigenvalue weighted by Gasteiger charge is 2.31. The quantitative estimate of drug-likeness (QED) is 0.383. The van der Waals surface area contributed by atoms with E-state index in [1.54, 1.807) is 36.4 Å². The number of fused-ring (bicyclic) bond motifs is 1. The molecule has 0 spiro atoms. The predicted molar refractivity (Wildman–Crippen MR) is 116 cm³/mol. The molecule has 4 rings (SSSR count). The number of carbonyl (C=O) groups is 2. The van der Waals surface area contributed by atoms with Crippen LogP contribution in [0.1, 0.15) is 37.5 Å². The molecule has 0 amide bonds. The van der Waals surface area contributed by atoms with Gasteiger partial charge in [0.1, 0.15) is 11.4 Å². The van der Waals surface area contributed by atoms with Crippen molar-refractivity contribution in [2.75, 3.05) is 7.11 Å². The van der Waals surface area contributed by atoms with E-state index in [-0.39, 0.29) is 28.9 Å². The number of carboxylic acid groups (broad SMARTS) is 1. The van der Waals surface area contributed by atoms with Crippen LogP contribution in [0.25, 0.3) is 10.9 Å². The Bertz CT molecular complexity index is 1350. The minimum absolute atomic E-state index is 0.0183. The molecule has 0 aliphatic carbocycles. The summed E-state index contributed by atoms with van der Waals surface area (Å²) in [4.78, 5) is 25.7. The molecule has 8 heteroatoms. The number of carboxylic acids is 1. The van der Waals surface area contributed by atoms with E-state index in [0.29, 0.717) is 16.7 Å². The van der Waals surface area contributed by atoms with Crippen molar-refractivity contribution in [3.05, 3.63) is 101 Å². The number of aromatic carboxylic acids is 1. The van der Waals surface area contributed by atoms with Crippen LogP contribution < -0.4 is 4.74 Å². The highest BCUT2D eigenvalue weighted by atomic mass is 19.4. The number of alkyl halides is 3. The minimum Gasteiger partial charge on any atom is -0.497 e. The van der Waals surface area contributed by atoms with Gasteiger partial charge in [0.2, 0.25) is 0 Å². The second-order valence-corrected chi connectivity index (χ2v) is 7.39. The summed E-state index contributed by atoms with van der Waals surface area (Å²) >= 11 is 0. The lowest BCUT2D eigenvalue weighted by Gasteiger charge is -2.12. The van der Waals surface area contributed by atoms with Gasteiger partial charge in [-0.3, -0.25) is 4.79 Å². The van der Waals surface area contributed by atoms with Crippen LogP contribution in [0.3, 0.4) is 0 Å². The summed E-state index contributed by atoms with van der Waals surface area (Å²) in [7, 11) is 1.49. The molecule has 0 aliphatic rings. The van der Waals surface area contributed by atoms with E-state index in [9.17, 15) is 27.9 Å². The zero-order valence-electron chi connectivity index (χ0n) is 17.4. The van der Waals surface area contributed by atoms with Crippen LogP contribution in [0, 0.1) is 0 Å². The molecule has 0 saturated carbocycles. The molecular weight excluding hydrogens is 435 g/mol. The average Bonchev–Trinajstić information content (AvgIpc) is 3.13. The summed E-state index contributed by atoms with van der Waals surface area (Å²) < 4.78 is 46.0. The van der Waals surface area contributed by atoms with Crippen molar-refractivity contribution in [2.24, 2.45) is 0 Å². The summed E-state index contributed by atoms with van der Waals surface area (Å²) in [6, 6.07) is 17.6. The van der Waals surface area contributed by atoms with Crippen LogP contribution in [0.4, 0.5) is 13.2 Å². The van der Waals surface area contributed by atoms with E-state index in [1.807, 2.05) is 0 Å². The SMILES string of the molecule is COc1ccc(C(=O)c2c(C(=O)O)n(Cc3cccc(C(F)(F)F)c3)c3ccccc23)cc1. The number of ketones is 1. The maximum absolute atomic E-state index is 13.4. The zero-order valence-corrected chi connectivity index (χ0v) is 17.4. The van der Waals surface area contributed by atoms with E-state index in [4.69, 9.17) is 4.74 Å². The van der Waals surface area contributed by atoms with Crippen LogP contribution >= 0.6 is 0 Å². The minimum atomic E-state index is -4.53. The molecule has 1 N–H and O–H groups in total. The van der Waals surface area contributed by atoms with Crippen LogP contribution in [0.2, 0.25) is 0 Å². The summed E-state index contributed by atoms with van der Waals surface area (Å²) in [6.07, 6.45) is -4.53. The molecule has 4 aromatic rings. The highest BCUT2D eigenvalue weighted by Crippen LogP contribution is 2.32. The number of aromatic nitrogens is 1. The molecule has 1 heterocycles. The number of halogens is 3. The summed E-state index contributed by atoms with van der Waals surface area (Å²) in [5, 5.41) is 10.4. The van der Waals surface area contributed by atoms with Gasteiger partial charge in [-0.2, -0.15) is 13.2 Å². The molecule has 0 fully saturated rings. The molecular formula is C25H18F3NO4. The van der Waals surface area contributed by atoms with E-state index in [0.717, 1.165) is 12.1 Å². The Balaban J connectivity index is 1.89. The van der Waals surface area contributed by atoms with Crippen molar-refractivity contribution in [1.29, 1.82) is 0 Å². The smallest absolute Gasteiger partial charge is 0.416 e. The van der Waals surface area contributed by atoms with Crippen molar-refractivity contribution < 1.29 is 32.6 Å². The third kappa shape index (κ3) is 4.19. The molecule has 0 bridgehead atoms. The van der Waals surface area contributed by atoms with Crippen LogP contribution in [0.15, 0.2) is 72.8 Å². The molecule has 33 heavy (non-hydrogen) atoms. The Labute approximate surface area is 186 Å². The third-order valence-electron chi connectivity index (χ3n) is 5.35. The van der Waals surface area contributed by atoms with Crippen LogP contribution in [-0.4, -0.2) is 28.5 Å². The van der Waals surface area contributed by atoms with Gasteiger partial charge in [-0.25, -0.2) is 4.79 Å².